The molecule has 1 aliphatic carbocycles. The number of halogens is 2. The zero-order valence-corrected chi connectivity index (χ0v) is 14.2. The molecule has 4 unspecified atom stereocenters. The van der Waals surface area contributed by atoms with E-state index in [1.165, 1.54) is 5.56 Å². The normalized spacial score (nSPS) is 28.7. The van der Waals surface area contributed by atoms with Crippen molar-refractivity contribution in [2.75, 3.05) is 13.2 Å². The molecule has 2 rings (SSSR count). The monoisotopic (exact) mass is 340 g/mol. The van der Waals surface area contributed by atoms with Crippen molar-refractivity contribution in [2.24, 2.45) is 17.8 Å². The minimum absolute atomic E-state index is 0.00674. The highest BCUT2D eigenvalue weighted by molar-refractivity contribution is 6.39. The minimum atomic E-state index is -0.710. The van der Waals surface area contributed by atoms with Gasteiger partial charge in [-0.15, -0.1) is 6.58 Å². The summed E-state index contributed by atoms with van der Waals surface area (Å²) >= 11 is 12.6. The number of hydrogen-bond donors (Lipinski definition) is 1. The number of aliphatic hydroxyl groups excluding tert-OH is 1. The molecule has 0 amide bonds. The van der Waals surface area contributed by atoms with Gasteiger partial charge in [0.05, 0.1) is 24.4 Å². The Morgan fingerprint density at radius 2 is 1.91 bits per heavy atom. The smallest absolute Gasteiger partial charge is 0.0935 e. The topological polar surface area (TPSA) is 29.5 Å². The average molecular weight is 341 g/mol. The highest BCUT2D eigenvalue weighted by Gasteiger charge is 2.40. The third-order valence-corrected chi connectivity index (χ3v) is 5.36. The zero-order valence-electron chi connectivity index (χ0n) is 12.7. The van der Waals surface area contributed by atoms with Crippen LogP contribution in [0.25, 0.3) is 0 Å². The number of rotatable bonds is 6. The molecule has 0 aromatic heterocycles. The van der Waals surface area contributed by atoms with Gasteiger partial charge in [-0.05, 0) is 23.8 Å². The maximum absolute atomic E-state index is 10.3. The summed E-state index contributed by atoms with van der Waals surface area (Å²) in [6.07, 6.45) is 1.84. The van der Waals surface area contributed by atoms with Crippen LogP contribution in [0.1, 0.15) is 12.5 Å². The molecule has 0 radical (unpaired) electrons. The van der Waals surface area contributed by atoms with Crippen LogP contribution >= 0.6 is 23.2 Å². The van der Waals surface area contributed by atoms with Gasteiger partial charge in [0, 0.05) is 11.0 Å². The molecule has 0 heterocycles. The zero-order chi connectivity index (χ0) is 16.1. The van der Waals surface area contributed by atoms with E-state index < -0.39 is 6.10 Å². The fourth-order valence-electron chi connectivity index (χ4n) is 3.03. The van der Waals surface area contributed by atoms with Gasteiger partial charge >= 0.3 is 0 Å². The van der Waals surface area contributed by atoms with Crippen molar-refractivity contribution >= 4 is 23.2 Å². The van der Waals surface area contributed by atoms with E-state index >= 15 is 0 Å². The fourth-order valence-corrected chi connectivity index (χ4v) is 3.70. The summed E-state index contributed by atoms with van der Waals surface area (Å²) in [6, 6.07) is 10.2. The third-order valence-electron chi connectivity index (χ3n) is 4.35. The molecule has 0 saturated carbocycles. The molecular formula is C18H22Cl2O2. The molecule has 0 fully saturated rings. The molecule has 1 N–H and O–H groups in total. The summed E-state index contributed by atoms with van der Waals surface area (Å²) in [6.45, 7) is 6.63. The van der Waals surface area contributed by atoms with Crippen molar-refractivity contribution in [2.45, 2.75) is 19.4 Å². The number of hydrogen-bond acceptors (Lipinski definition) is 2. The van der Waals surface area contributed by atoms with E-state index in [-0.39, 0.29) is 17.8 Å². The van der Waals surface area contributed by atoms with Crippen molar-refractivity contribution in [3.05, 3.63) is 58.6 Å². The second-order valence-electron chi connectivity index (χ2n) is 5.79. The predicted octanol–water partition coefficient (Wildman–Crippen LogP) is 4.36. The summed E-state index contributed by atoms with van der Waals surface area (Å²) < 4.78 is 5.62. The van der Waals surface area contributed by atoms with Crippen molar-refractivity contribution < 1.29 is 9.84 Å². The van der Waals surface area contributed by atoms with E-state index in [4.69, 9.17) is 27.9 Å². The molecule has 2 nitrogen and oxygen atoms in total. The van der Waals surface area contributed by atoms with Gasteiger partial charge in [-0.3, -0.25) is 0 Å². The van der Waals surface area contributed by atoms with Crippen LogP contribution in [0.5, 0.6) is 0 Å². The minimum Gasteiger partial charge on any atom is -0.387 e. The van der Waals surface area contributed by atoms with Crippen LogP contribution in [-0.2, 0) is 11.2 Å². The van der Waals surface area contributed by atoms with Crippen LogP contribution in [0.4, 0.5) is 0 Å². The highest BCUT2D eigenvalue weighted by atomic mass is 35.5. The third kappa shape index (κ3) is 3.94. The summed E-state index contributed by atoms with van der Waals surface area (Å²) in [7, 11) is 0. The Hall–Kier alpha value is -0.800. The molecule has 0 bridgehead atoms. The lowest BCUT2D eigenvalue weighted by atomic mass is 9.72. The average Bonchev–Trinajstić information content (AvgIpc) is 2.54. The van der Waals surface area contributed by atoms with Crippen molar-refractivity contribution in [3.8, 4) is 0 Å². The lowest BCUT2D eigenvalue weighted by Gasteiger charge is -2.39. The van der Waals surface area contributed by atoms with E-state index in [1.807, 2.05) is 25.1 Å². The van der Waals surface area contributed by atoms with Crippen LogP contribution in [0.15, 0.2) is 53.1 Å². The van der Waals surface area contributed by atoms with Gasteiger partial charge < -0.3 is 9.84 Å². The van der Waals surface area contributed by atoms with E-state index in [9.17, 15) is 5.11 Å². The van der Waals surface area contributed by atoms with Gasteiger partial charge in [-0.2, -0.15) is 0 Å². The first kappa shape index (κ1) is 17.6. The molecule has 0 aliphatic heterocycles. The van der Waals surface area contributed by atoms with E-state index in [0.717, 1.165) is 6.42 Å². The second kappa shape index (κ2) is 8.16. The summed E-state index contributed by atoms with van der Waals surface area (Å²) in [5.41, 5.74) is 1.22. The number of aliphatic hydroxyl groups is 1. The van der Waals surface area contributed by atoms with Gasteiger partial charge in [0.15, 0.2) is 0 Å². The van der Waals surface area contributed by atoms with E-state index in [1.54, 1.807) is 6.08 Å². The lowest BCUT2D eigenvalue weighted by molar-refractivity contribution is 0.0463. The van der Waals surface area contributed by atoms with Crippen molar-refractivity contribution in [3.63, 3.8) is 0 Å². The summed E-state index contributed by atoms with van der Waals surface area (Å²) in [5.74, 6) is 0.192. The fraction of sp³-hybridized carbons (Fsp3) is 0.444. The predicted molar refractivity (Wildman–Crippen MR) is 92.0 cm³/mol. The first-order valence-electron chi connectivity index (χ1n) is 7.52. The standard InChI is InChI=1S/C18H22Cl2O2/c1-3-9-22-11-15-14(10-13-7-5-4-6-8-13)12(2)18(21)17(20)16(15)19/h3-8,12,14-15,18,21H,1,9-11H2,2H3. The Labute approximate surface area is 142 Å². The molecule has 4 atom stereocenters. The first-order valence-corrected chi connectivity index (χ1v) is 8.27. The quantitative estimate of drug-likeness (QED) is 0.615. The van der Waals surface area contributed by atoms with Gasteiger partial charge in [-0.25, -0.2) is 0 Å². The van der Waals surface area contributed by atoms with Crippen LogP contribution in [0.2, 0.25) is 0 Å². The molecule has 0 spiro atoms. The second-order valence-corrected chi connectivity index (χ2v) is 6.60. The largest absolute Gasteiger partial charge is 0.387 e. The summed E-state index contributed by atoms with van der Waals surface area (Å²) in [5, 5.41) is 11.2. The van der Waals surface area contributed by atoms with Crippen LogP contribution in [0.3, 0.4) is 0 Å². The Bertz CT molecular complexity index is 527. The van der Waals surface area contributed by atoms with E-state index in [2.05, 4.69) is 18.7 Å². The van der Waals surface area contributed by atoms with Crippen LogP contribution in [-0.4, -0.2) is 24.4 Å². The van der Waals surface area contributed by atoms with Crippen molar-refractivity contribution in [1.82, 2.24) is 0 Å². The molecule has 4 heteroatoms. The number of ether oxygens (including phenoxy) is 1. The molecular weight excluding hydrogens is 319 g/mol. The van der Waals surface area contributed by atoms with Crippen LogP contribution < -0.4 is 0 Å². The Kier molecular flexibility index (Phi) is 6.51. The first-order chi connectivity index (χ1) is 10.6. The lowest BCUT2D eigenvalue weighted by Crippen LogP contribution is -2.39. The Morgan fingerprint density at radius 3 is 2.55 bits per heavy atom. The number of benzene rings is 1. The summed E-state index contributed by atoms with van der Waals surface area (Å²) in [4.78, 5) is 0. The van der Waals surface area contributed by atoms with Gasteiger partial charge in [0.1, 0.15) is 0 Å². The van der Waals surface area contributed by atoms with Crippen LogP contribution in [0, 0.1) is 17.8 Å². The molecule has 1 aromatic carbocycles. The van der Waals surface area contributed by atoms with Gasteiger partial charge in [0.25, 0.3) is 0 Å². The molecule has 1 aliphatic rings. The maximum atomic E-state index is 10.3. The van der Waals surface area contributed by atoms with Gasteiger partial charge in [-0.1, -0.05) is 66.5 Å². The maximum Gasteiger partial charge on any atom is 0.0935 e. The molecule has 120 valence electrons. The molecule has 1 aromatic rings. The molecule has 0 saturated heterocycles. The Morgan fingerprint density at radius 1 is 1.23 bits per heavy atom. The van der Waals surface area contributed by atoms with Gasteiger partial charge in [0.2, 0.25) is 0 Å². The Balaban J connectivity index is 2.23. The highest BCUT2D eigenvalue weighted by Crippen LogP contribution is 2.43. The van der Waals surface area contributed by atoms with E-state index in [0.29, 0.717) is 23.3 Å². The SMILES string of the molecule is C=CCOCC1C(Cl)=C(Cl)C(O)C(C)C1Cc1ccccc1. The molecule has 22 heavy (non-hydrogen) atoms. The van der Waals surface area contributed by atoms with Crippen molar-refractivity contribution in [1.29, 1.82) is 0 Å².